The molecule has 1 heterocycles. The van der Waals surface area contributed by atoms with E-state index in [1.54, 1.807) is 13.1 Å². The van der Waals surface area contributed by atoms with Crippen molar-refractivity contribution in [2.45, 2.75) is 40.7 Å². The third kappa shape index (κ3) is 3.82. The number of carbonyl (C=O) groups excluding carboxylic acids is 1. The molecule has 0 fully saturated rings. The topological polar surface area (TPSA) is 75.4 Å². The van der Waals surface area contributed by atoms with Crippen molar-refractivity contribution >= 4 is 11.9 Å². The van der Waals surface area contributed by atoms with Gasteiger partial charge >= 0.3 is 5.97 Å². The minimum atomic E-state index is -1.01. The van der Waals surface area contributed by atoms with Crippen LogP contribution in [-0.4, -0.2) is 44.8 Å². The maximum Gasteiger partial charge on any atom is 0.323 e. The van der Waals surface area contributed by atoms with Gasteiger partial charge in [0, 0.05) is 13.1 Å². The number of amides is 1. The van der Waals surface area contributed by atoms with Gasteiger partial charge in [0.2, 0.25) is 0 Å². The van der Waals surface area contributed by atoms with Gasteiger partial charge in [-0.3, -0.25) is 14.3 Å². The Bertz CT molecular complexity index is 480. The highest BCUT2D eigenvalue weighted by atomic mass is 16.4. The summed E-state index contributed by atoms with van der Waals surface area (Å²) in [5.74, 6) is -0.834. The highest BCUT2D eigenvalue weighted by molar-refractivity contribution is 5.96. The lowest BCUT2D eigenvalue weighted by Crippen LogP contribution is -2.35. The number of hydrogen-bond donors (Lipinski definition) is 1. The molecule has 0 spiro atoms. The van der Waals surface area contributed by atoms with Crippen molar-refractivity contribution in [2.24, 2.45) is 5.92 Å². The first-order valence-corrected chi connectivity index (χ1v) is 6.96. The van der Waals surface area contributed by atoms with Gasteiger partial charge in [-0.2, -0.15) is 5.10 Å². The van der Waals surface area contributed by atoms with Crippen LogP contribution in [0.1, 0.15) is 43.7 Å². The van der Waals surface area contributed by atoms with E-state index in [1.165, 1.54) is 4.90 Å². The molecule has 1 aromatic rings. The first kappa shape index (κ1) is 16.2. The number of aliphatic carboxylic acids is 1. The standard InChI is InChI=1S/C14H23N3O3/c1-5-12-11(7-15-17(12)8-10(3)4)14(20)16(6-2)9-13(18)19/h7,10H,5-6,8-9H2,1-4H3,(H,18,19). The zero-order valence-corrected chi connectivity index (χ0v) is 12.6. The third-order valence-corrected chi connectivity index (χ3v) is 3.05. The van der Waals surface area contributed by atoms with Crippen LogP contribution >= 0.6 is 0 Å². The maximum absolute atomic E-state index is 12.4. The van der Waals surface area contributed by atoms with E-state index in [0.717, 1.165) is 12.2 Å². The van der Waals surface area contributed by atoms with E-state index in [1.807, 2.05) is 11.6 Å². The van der Waals surface area contributed by atoms with Crippen molar-refractivity contribution in [3.05, 3.63) is 17.5 Å². The van der Waals surface area contributed by atoms with Crippen LogP contribution in [0.5, 0.6) is 0 Å². The van der Waals surface area contributed by atoms with E-state index in [-0.39, 0.29) is 12.5 Å². The lowest BCUT2D eigenvalue weighted by molar-refractivity contribution is -0.137. The van der Waals surface area contributed by atoms with Crippen LogP contribution in [0, 0.1) is 5.92 Å². The largest absolute Gasteiger partial charge is 0.480 e. The molecule has 1 rings (SSSR count). The van der Waals surface area contributed by atoms with Crippen molar-refractivity contribution in [2.75, 3.05) is 13.1 Å². The predicted octanol–water partition coefficient (Wildman–Crippen LogP) is 1.65. The molecule has 1 aromatic heterocycles. The summed E-state index contributed by atoms with van der Waals surface area (Å²) in [5, 5.41) is 13.1. The fourth-order valence-electron chi connectivity index (χ4n) is 2.13. The molecule has 112 valence electrons. The highest BCUT2D eigenvalue weighted by Crippen LogP contribution is 2.14. The average molecular weight is 281 g/mol. The summed E-state index contributed by atoms with van der Waals surface area (Å²) in [6.45, 7) is 8.75. The summed E-state index contributed by atoms with van der Waals surface area (Å²) in [6.07, 6.45) is 2.24. The molecule has 1 amide bonds. The van der Waals surface area contributed by atoms with Crippen molar-refractivity contribution < 1.29 is 14.7 Å². The van der Waals surface area contributed by atoms with E-state index in [4.69, 9.17) is 5.11 Å². The van der Waals surface area contributed by atoms with Crippen LogP contribution in [0.15, 0.2) is 6.20 Å². The molecule has 0 aliphatic rings. The Kier molecular flexibility index (Phi) is 5.73. The number of nitrogens with zero attached hydrogens (tertiary/aromatic N) is 3. The molecular formula is C14H23N3O3. The number of aromatic nitrogens is 2. The smallest absolute Gasteiger partial charge is 0.323 e. The Morgan fingerprint density at radius 1 is 1.40 bits per heavy atom. The van der Waals surface area contributed by atoms with Crippen molar-refractivity contribution in [3.63, 3.8) is 0 Å². The van der Waals surface area contributed by atoms with Gasteiger partial charge in [0.05, 0.1) is 17.5 Å². The molecule has 0 aliphatic carbocycles. The van der Waals surface area contributed by atoms with Gasteiger partial charge in [-0.15, -0.1) is 0 Å². The molecule has 0 unspecified atom stereocenters. The van der Waals surface area contributed by atoms with Crippen LogP contribution in [0.3, 0.4) is 0 Å². The maximum atomic E-state index is 12.4. The van der Waals surface area contributed by atoms with Crippen LogP contribution in [0.25, 0.3) is 0 Å². The normalized spacial score (nSPS) is 10.8. The van der Waals surface area contributed by atoms with Crippen LogP contribution in [0.2, 0.25) is 0 Å². The van der Waals surface area contributed by atoms with Gasteiger partial charge in [0.25, 0.3) is 5.91 Å². The van der Waals surface area contributed by atoms with Gasteiger partial charge in [-0.05, 0) is 19.3 Å². The third-order valence-electron chi connectivity index (χ3n) is 3.05. The molecule has 0 bridgehead atoms. The lowest BCUT2D eigenvalue weighted by atomic mass is 10.1. The first-order valence-electron chi connectivity index (χ1n) is 6.96. The molecule has 0 aliphatic heterocycles. The lowest BCUT2D eigenvalue weighted by Gasteiger charge is -2.18. The number of hydrogen-bond acceptors (Lipinski definition) is 3. The predicted molar refractivity (Wildman–Crippen MR) is 75.7 cm³/mol. The molecule has 0 saturated heterocycles. The zero-order chi connectivity index (χ0) is 15.3. The number of rotatable bonds is 7. The molecule has 1 N–H and O–H groups in total. The quantitative estimate of drug-likeness (QED) is 0.824. The second-order valence-electron chi connectivity index (χ2n) is 5.15. The van der Waals surface area contributed by atoms with E-state index in [2.05, 4.69) is 18.9 Å². The Hall–Kier alpha value is -1.85. The van der Waals surface area contributed by atoms with Crippen LogP contribution in [-0.2, 0) is 17.8 Å². The minimum absolute atomic E-state index is 0.262. The second kappa shape index (κ2) is 7.07. The molecule has 6 nitrogen and oxygen atoms in total. The van der Waals surface area contributed by atoms with Crippen molar-refractivity contribution in [3.8, 4) is 0 Å². The molecule has 0 aromatic carbocycles. The highest BCUT2D eigenvalue weighted by Gasteiger charge is 2.22. The molecule has 20 heavy (non-hydrogen) atoms. The zero-order valence-electron chi connectivity index (χ0n) is 12.6. The average Bonchev–Trinajstić information content (AvgIpc) is 2.76. The van der Waals surface area contributed by atoms with E-state index in [0.29, 0.717) is 24.4 Å². The number of carbonyl (C=O) groups is 2. The van der Waals surface area contributed by atoms with Gasteiger partial charge < -0.3 is 10.0 Å². The summed E-state index contributed by atoms with van der Waals surface area (Å²) in [7, 11) is 0. The Balaban J connectivity index is 3.02. The molecule has 0 radical (unpaired) electrons. The summed E-state index contributed by atoms with van der Waals surface area (Å²) in [6, 6.07) is 0. The van der Waals surface area contributed by atoms with E-state index < -0.39 is 5.97 Å². The molecule has 6 heteroatoms. The fourth-order valence-corrected chi connectivity index (χ4v) is 2.13. The Morgan fingerprint density at radius 3 is 2.50 bits per heavy atom. The molecule has 0 atom stereocenters. The Morgan fingerprint density at radius 2 is 2.05 bits per heavy atom. The monoisotopic (exact) mass is 281 g/mol. The number of carboxylic acids is 1. The molecule has 0 saturated carbocycles. The summed E-state index contributed by atoms with van der Waals surface area (Å²) >= 11 is 0. The van der Waals surface area contributed by atoms with Crippen molar-refractivity contribution in [1.82, 2.24) is 14.7 Å². The second-order valence-corrected chi connectivity index (χ2v) is 5.15. The summed E-state index contributed by atoms with van der Waals surface area (Å²) in [4.78, 5) is 24.5. The van der Waals surface area contributed by atoms with Crippen LogP contribution in [0.4, 0.5) is 0 Å². The summed E-state index contributed by atoms with van der Waals surface area (Å²) in [5.41, 5.74) is 1.38. The summed E-state index contributed by atoms with van der Waals surface area (Å²) < 4.78 is 1.84. The Labute approximate surface area is 119 Å². The minimum Gasteiger partial charge on any atom is -0.480 e. The van der Waals surface area contributed by atoms with Gasteiger partial charge in [0.1, 0.15) is 6.54 Å². The van der Waals surface area contributed by atoms with Gasteiger partial charge in [0.15, 0.2) is 0 Å². The fraction of sp³-hybridized carbons (Fsp3) is 0.643. The molecular weight excluding hydrogens is 258 g/mol. The first-order chi connectivity index (χ1) is 9.40. The van der Waals surface area contributed by atoms with Crippen LogP contribution < -0.4 is 0 Å². The van der Waals surface area contributed by atoms with E-state index in [9.17, 15) is 9.59 Å². The van der Waals surface area contributed by atoms with Gasteiger partial charge in [-0.25, -0.2) is 0 Å². The van der Waals surface area contributed by atoms with E-state index >= 15 is 0 Å². The SMILES string of the molecule is CCc1c(C(=O)N(CC)CC(=O)O)cnn1CC(C)C. The van der Waals surface area contributed by atoms with Gasteiger partial charge in [-0.1, -0.05) is 20.8 Å². The number of likely N-dealkylation sites (N-methyl/N-ethyl adjacent to an activating group) is 1. The van der Waals surface area contributed by atoms with Crippen molar-refractivity contribution in [1.29, 1.82) is 0 Å². The number of carboxylic acid groups (broad SMARTS) is 1.